The van der Waals surface area contributed by atoms with Crippen molar-refractivity contribution in [1.29, 1.82) is 0 Å². The molecule has 2 atom stereocenters. The molecular formula is C13H25NO2. The zero-order valence-electron chi connectivity index (χ0n) is 10.6. The molecule has 2 fully saturated rings. The predicted molar refractivity (Wildman–Crippen MR) is 64.3 cm³/mol. The minimum atomic E-state index is -0.00211. The first-order valence-electron chi connectivity index (χ1n) is 6.65. The van der Waals surface area contributed by atoms with E-state index in [-0.39, 0.29) is 11.1 Å². The third-order valence-electron chi connectivity index (χ3n) is 4.69. The molecule has 2 unspecified atom stereocenters. The van der Waals surface area contributed by atoms with Crippen molar-refractivity contribution in [2.24, 2.45) is 11.7 Å². The van der Waals surface area contributed by atoms with Crippen molar-refractivity contribution in [2.75, 3.05) is 19.8 Å². The minimum Gasteiger partial charge on any atom is -0.378 e. The van der Waals surface area contributed by atoms with Gasteiger partial charge in [-0.25, -0.2) is 0 Å². The van der Waals surface area contributed by atoms with Gasteiger partial charge >= 0.3 is 0 Å². The summed E-state index contributed by atoms with van der Waals surface area (Å²) in [5.74, 6) is 0.595. The van der Waals surface area contributed by atoms with E-state index < -0.39 is 0 Å². The summed E-state index contributed by atoms with van der Waals surface area (Å²) in [6.07, 6.45) is 5.37. The Kier molecular flexibility index (Phi) is 3.57. The summed E-state index contributed by atoms with van der Waals surface area (Å²) in [5.41, 5.74) is 6.52. The molecule has 0 aromatic heterocycles. The molecule has 0 aromatic rings. The molecule has 16 heavy (non-hydrogen) atoms. The van der Waals surface area contributed by atoms with Crippen LogP contribution in [0.1, 0.15) is 46.0 Å². The normalized spacial score (nSPS) is 35.8. The van der Waals surface area contributed by atoms with E-state index in [1.54, 1.807) is 0 Å². The SMILES string of the molecule is CCC(N)(CC)C1CCOC2(CCOC2)C1. The van der Waals surface area contributed by atoms with Gasteiger partial charge in [0.1, 0.15) is 0 Å². The van der Waals surface area contributed by atoms with Gasteiger partial charge in [-0.1, -0.05) is 13.8 Å². The summed E-state index contributed by atoms with van der Waals surface area (Å²) in [5, 5.41) is 0. The van der Waals surface area contributed by atoms with Crippen molar-refractivity contribution in [2.45, 2.75) is 57.1 Å². The molecule has 94 valence electrons. The van der Waals surface area contributed by atoms with Crippen molar-refractivity contribution in [3.05, 3.63) is 0 Å². The first kappa shape index (κ1) is 12.3. The molecule has 0 aromatic carbocycles. The lowest BCUT2D eigenvalue weighted by Gasteiger charge is -2.45. The maximum absolute atomic E-state index is 6.53. The molecule has 2 heterocycles. The van der Waals surface area contributed by atoms with Gasteiger partial charge in [0.2, 0.25) is 0 Å². The summed E-state index contributed by atoms with van der Waals surface area (Å²) in [7, 11) is 0. The van der Waals surface area contributed by atoms with Gasteiger partial charge in [-0.3, -0.25) is 0 Å². The number of ether oxygens (including phenoxy) is 2. The molecule has 0 bridgehead atoms. The van der Waals surface area contributed by atoms with E-state index in [1.165, 1.54) is 0 Å². The highest BCUT2D eigenvalue weighted by atomic mass is 16.6. The summed E-state index contributed by atoms with van der Waals surface area (Å²) in [4.78, 5) is 0. The van der Waals surface area contributed by atoms with E-state index in [1.807, 2.05) is 0 Å². The molecule has 2 saturated heterocycles. The fraction of sp³-hybridized carbons (Fsp3) is 1.00. The number of hydrogen-bond donors (Lipinski definition) is 1. The largest absolute Gasteiger partial charge is 0.378 e. The van der Waals surface area contributed by atoms with Crippen LogP contribution in [0.5, 0.6) is 0 Å². The minimum absolute atomic E-state index is 0.000625. The Balaban J connectivity index is 2.06. The van der Waals surface area contributed by atoms with Crippen LogP contribution < -0.4 is 5.73 Å². The van der Waals surface area contributed by atoms with Crippen molar-refractivity contribution >= 4 is 0 Å². The summed E-state index contributed by atoms with van der Waals surface area (Å²) < 4.78 is 11.5. The van der Waals surface area contributed by atoms with Crippen LogP contribution in [0.25, 0.3) is 0 Å². The maximum atomic E-state index is 6.53. The van der Waals surface area contributed by atoms with Crippen molar-refractivity contribution in [1.82, 2.24) is 0 Å². The van der Waals surface area contributed by atoms with Gasteiger partial charge in [0, 0.05) is 25.2 Å². The fourth-order valence-electron chi connectivity index (χ4n) is 3.21. The zero-order valence-corrected chi connectivity index (χ0v) is 10.6. The van der Waals surface area contributed by atoms with Gasteiger partial charge in [-0.15, -0.1) is 0 Å². The second-order valence-electron chi connectivity index (χ2n) is 5.46. The highest BCUT2D eigenvalue weighted by molar-refractivity contribution is 4.98. The van der Waals surface area contributed by atoms with Gasteiger partial charge in [0.05, 0.1) is 12.2 Å². The molecule has 2 rings (SSSR count). The molecule has 3 nitrogen and oxygen atoms in total. The summed E-state index contributed by atoms with van der Waals surface area (Å²) in [6.45, 7) is 6.89. The number of rotatable bonds is 3. The van der Waals surface area contributed by atoms with E-state index in [9.17, 15) is 0 Å². The molecule has 0 radical (unpaired) electrons. The van der Waals surface area contributed by atoms with E-state index in [4.69, 9.17) is 15.2 Å². The second kappa shape index (κ2) is 4.63. The maximum Gasteiger partial charge on any atom is 0.0940 e. The Hall–Kier alpha value is -0.120. The molecular weight excluding hydrogens is 202 g/mol. The van der Waals surface area contributed by atoms with Crippen LogP contribution in [-0.4, -0.2) is 31.0 Å². The van der Waals surface area contributed by atoms with Gasteiger partial charge in [0.15, 0.2) is 0 Å². The predicted octanol–water partition coefficient (Wildman–Crippen LogP) is 2.09. The molecule has 0 saturated carbocycles. The molecule has 3 heteroatoms. The van der Waals surface area contributed by atoms with Crippen molar-refractivity contribution in [3.63, 3.8) is 0 Å². The Morgan fingerprint density at radius 2 is 2.06 bits per heavy atom. The lowest BCUT2D eigenvalue weighted by Crippen LogP contribution is -2.53. The zero-order chi connectivity index (χ0) is 11.6. The van der Waals surface area contributed by atoms with Gasteiger partial charge in [-0.05, 0) is 31.6 Å². The number of hydrogen-bond acceptors (Lipinski definition) is 3. The van der Waals surface area contributed by atoms with Crippen LogP contribution in [0.4, 0.5) is 0 Å². The first-order valence-corrected chi connectivity index (χ1v) is 6.65. The average molecular weight is 227 g/mol. The van der Waals surface area contributed by atoms with Crippen LogP contribution in [0.2, 0.25) is 0 Å². The summed E-state index contributed by atoms with van der Waals surface area (Å²) in [6, 6.07) is 0. The lowest BCUT2D eigenvalue weighted by molar-refractivity contribution is -0.110. The van der Waals surface area contributed by atoms with Crippen LogP contribution in [0.3, 0.4) is 0 Å². The quantitative estimate of drug-likeness (QED) is 0.803. The Bertz CT molecular complexity index is 232. The standard InChI is InChI=1S/C13H25NO2/c1-3-13(14,4-2)11-5-7-16-12(9-11)6-8-15-10-12/h11H,3-10,14H2,1-2H3. The third-order valence-corrected chi connectivity index (χ3v) is 4.69. The van der Waals surface area contributed by atoms with Gasteiger partial charge in [0.25, 0.3) is 0 Å². The lowest BCUT2D eigenvalue weighted by atomic mass is 9.71. The van der Waals surface area contributed by atoms with E-state index in [0.29, 0.717) is 5.92 Å². The molecule has 1 spiro atoms. The summed E-state index contributed by atoms with van der Waals surface area (Å²) >= 11 is 0. The second-order valence-corrected chi connectivity index (χ2v) is 5.46. The van der Waals surface area contributed by atoms with Crippen molar-refractivity contribution < 1.29 is 9.47 Å². The Labute approximate surface area is 98.7 Å². The van der Waals surface area contributed by atoms with Gasteiger partial charge in [-0.2, -0.15) is 0 Å². The Morgan fingerprint density at radius 3 is 2.62 bits per heavy atom. The molecule has 2 N–H and O–H groups in total. The van der Waals surface area contributed by atoms with Crippen molar-refractivity contribution in [3.8, 4) is 0 Å². The van der Waals surface area contributed by atoms with Crippen LogP contribution in [-0.2, 0) is 9.47 Å². The smallest absolute Gasteiger partial charge is 0.0940 e. The van der Waals surface area contributed by atoms with Crippen LogP contribution in [0.15, 0.2) is 0 Å². The highest BCUT2D eigenvalue weighted by Crippen LogP contribution is 2.41. The average Bonchev–Trinajstić information content (AvgIpc) is 2.76. The van der Waals surface area contributed by atoms with E-state index in [2.05, 4.69) is 13.8 Å². The van der Waals surface area contributed by atoms with Crippen LogP contribution in [0, 0.1) is 5.92 Å². The molecule has 0 aliphatic carbocycles. The highest BCUT2D eigenvalue weighted by Gasteiger charge is 2.45. The molecule has 0 amide bonds. The molecule has 2 aliphatic rings. The molecule has 2 aliphatic heterocycles. The van der Waals surface area contributed by atoms with E-state index >= 15 is 0 Å². The van der Waals surface area contributed by atoms with Crippen LogP contribution >= 0.6 is 0 Å². The van der Waals surface area contributed by atoms with Gasteiger partial charge < -0.3 is 15.2 Å². The topological polar surface area (TPSA) is 44.5 Å². The first-order chi connectivity index (χ1) is 7.64. The van der Waals surface area contributed by atoms with E-state index in [0.717, 1.165) is 51.9 Å². The monoisotopic (exact) mass is 227 g/mol. The number of nitrogens with two attached hydrogens (primary N) is 1. The Morgan fingerprint density at radius 1 is 1.31 bits per heavy atom. The third kappa shape index (κ3) is 2.13. The fourth-order valence-corrected chi connectivity index (χ4v) is 3.21.